The molecule has 7 atom stereocenters. The molecule has 1 saturated heterocycles. The molecule has 6 nitrogen and oxygen atoms in total. The Kier molecular flexibility index (Phi) is 7.11. The van der Waals surface area contributed by atoms with Gasteiger partial charge in [0.15, 0.2) is 0 Å². The fraction of sp³-hybridized carbons (Fsp3) is 0.680. The number of allylic oxidation sites excluding steroid dienone is 2. The van der Waals surface area contributed by atoms with E-state index in [1.165, 1.54) is 17.7 Å². The topological polar surface area (TPSA) is 95.9 Å². The van der Waals surface area contributed by atoms with Crippen molar-refractivity contribution in [1.29, 1.82) is 0 Å². The summed E-state index contributed by atoms with van der Waals surface area (Å²) in [5.41, 5.74) is 0.876. The second kappa shape index (κ2) is 9.29. The van der Waals surface area contributed by atoms with Crippen LogP contribution in [0.2, 0.25) is 0 Å². The van der Waals surface area contributed by atoms with Crippen LogP contribution in [-0.4, -0.2) is 46.4 Å². The van der Waals surface area contributed by atoms with Gasteiger partial charge in [0.25, 0.3) is 5.91 Å². The van der Waals surface area contributed by atoms with Gasteiger partial charge in [0, 0.05) is 30.6 Å². The van der Waals surface area contributed by atoms with Gasteiger partial charge in [-0.15, -0.1) is 0 Å². The minimum absolute atomic E-state index is 0.0538. The van der Waals surface area contributed by atoms with Gasteiger partial charge in [-0.25, -0.2) is 4.79 Å². The summed E-state index contributed by atoms with van der Waals surface area (Å²) in [6.45, 7) is 10.4. The lowest BCUT2D eigenvalue weighted by atomic mass is 9.63. The third kappa shape index (κ3) is 4.65. The van der Waals surface area contributed by atoms with E-state index in [9.17, 15) is 19.8 Å². The first-order chi connectivity index (χ1) is 14.6. The quantitative estimate of drug-likeness (QED) is 0.472. The van der Waals surface area contributed by atoms with Crippen molar-refractivity contribution >= 4 is 11.9 Å². The summed E-state index contributed by atoms with van der Waals surface area (Å²) in [5.74, 6) is -1.10. The second-order valence-electron chi connectivity index (χ2n) is 10.1. The zero-order valence-corrected chi connectivity index (χ0v) is 19.3. The number of aliphatic hydroxyl groups excluding tert-OH is 2. The van der Waals surface area contributed by atoms with Gasteiger partial charge in [-0.3, -0.25) is 4.79 Å². The summed E-state index contributed by atoms with van der Waals surface area (Å²) in [6.07, 6.45) is 7.61. The van der Waals surface area contributed by atoms with Gasteiger partial charge >= 0.3 is 5.97 Å². The van der Waals surface area contributed by atoms with E-state index < -0.39 is 17.7 Å². The van der Waals surface area contributed by atoms with Crippen molar-refractivity contribution in [1.82, 2.24) is 5.32 Å². The number of esters is 1. The van der Waals surface area contributed by atoms with E-state index in [1.54, 1.807) is 0 Å². The standard InChI is InChI=1S/C25H37NO5/c1-14(2)8-21-23-17(5)16(4)11-19-10-15(3)9-18(13-27)12-20(28)6-7-22(29)31-25(19,23)24(30)26-21/h6-7,10-11,14,17-21,23,27-28H,8-9,12-13H2,1-5H3,(H,26,30)/b7-6+,15-10+/t17-,18+,19+,20-,21+,23+,25-/m1/s1. The Morgan fingerprint density at radius 3 is 2.61 bits per heavy atom. The van der Waals surface area contributed by atoms with E-state index in [1.807, 2.05) is 13.0 Å². The van der Waals surface area contributed by atoms with Gasteiger partial charge in [-0.1, -0.05) is 44.1 Å². The van der Waals surface area contributed by atoms with Crippen LogP contribution in [0.3, 0.4) is 0 Å². The summed E-state index contributed by atoms with van der Waals surface area (Å²) in [5, 5.41) is 23.2. The fourth-order valence-corrected chi connectivity index (χ4v) is 5.69. The Hall–Kier alpha value is -1.92. The Morgan fingerprint density at radius 1 is 1.26 bits per heavy atom. The van der Waals surface area contributed by atoms with Crippen LogP contribution in [-0.2, 0) is 14.3 Å². The highest BCUT2D eigenvalue weighted by molar-refractivity contribution is 5.94. The second-order valence-corrected chi connectivity index (χ2v) is 10.1. The number of rotatable bonds is 3. The zero-order chi connectivity index (χ0) is 22.9. The molecule has 3 aliphatic rings. The van der Waals surface area contributed by atoms with E-state index in [-0.39, 0.29) is 42.2 Å². The van der Waals surface area contributed by atoms with Crippen molar-refractivity contribution in [2.24, 2.45) is 29.6 Å². The maximum atomic E-state index is 13.5. The molecular formula is C25H37NO5. The Morgan fingerprint density at radius 2 is 1.97 bits per heavy atom. The van der Waals surface area contributed by atoms with E-state index in [2.05, 4.69) is 39.1 Å². The van der Waals surface area contributed by atoms with Gasteiger partial charge in [-0.2, -0.15) is 0 Å². The first kappa shape index (κ1) is 23.7. The van der Waals surface area contributed by atoms with Crippen LogP contribution in [0.4, 0.5) is 0 Å². The number of hydrogen-bond donors (Lipinski definition) is 3. The molecule has 1 spiro atoms. The van der Waals surface area contributed by atoms with Crippen LogP contribution < -0.4 is 5.32 Å². The molecule has 0 radical (unpaired) electrons. The molecule has 0 unspecified atom stereocenters. The van der Waals surface area contributed by atoms with Gasteiger partial charge in [0.1, 0.15) is 0 Å². The average molecular weight is 432 g/mol. The fourth-order valence-electron chi connectivity index (χ4n) is 5.69. The molecule has 0 aromatic carbocycles. The predicted octanol–water partition coefficient (Wildman–Crippen LogP) is 2.91. The predicted molar refractivity (Wildman–Crippen MR) is 119 cm³/mol. The summed E-state index contributed by atoms with van der Waals surface area (Å²) in [7, 11) is 0. The number of aliphatic hydroxyl groups is 2. The lowest BCUT2D eigenvalue weighted by Crippen LogP contribution is -2.56. The number of carbonyl (C=O) groups excluding carboxylic acids is 2. The smallest absolute Gasteiger partial charge is 0.331 e. The number of carbonyl (C=O) groups is 2. The van der Waals surface area contributed by atoms with Crippen LogP contribution in [0, 0.1) is 29.6 Å². The van der Waals surface area contributed by atoms with Crippen LogP contribution in [0.15, 0.2) is 35.5 Å². The largest absolute Gasteiger partial charge is 0.444 e. The SMILES string of the molecule is CC1=C[C@@H]2/C=C(\C)C[C@H](CO)C[C@H](O)/C=C/C(=O)O[C@]23C(=O)N[C@@H](CC(C)C)[C@@H]3[C@@H]1C. The number of ether oxygens (including phenoxy) is 1. The molecule has 0 bridgehead atoms. The molecule has 172 valence electrons. The van der Waals surface area contributed by atoms with Crippen LogP contribution in [0.5, 0.6) is 0 Å². The highest BCUT2D eigenvalue weighted by Crippen LogP contribution is 2.51. The van der Waals surface area contributed by atoms with E-state index >= 15 is 0 Å². The molecule has 1 aliphatic carbocycles. The van der Waals surface area contributed by atoms with Gasteiger partial charge in [0.2, 0.25) is 5.60 Å². The monoisotopic (exact) mass is 431 g/mol. The first-order valence-corrected chi connectivity index (χ1v) is 11.4. The van der Waals surface area contributed by atoms with Crippen LogP contribution in [0.1, 0.15) is 53.9 Å². The van der Waals surface area contributed by atoms with Gasteiger partial charge < -0.3 is 20.3 Å². The minimum Gasteiger partial charge on any atom is -0.444 e. The van der Waals surface area contributed by atoms with Crippen LogP contribution in [0.25, 0.3) is 0 Å². The van der Waals surface area contributed by atoms with Crippen molar-refractivity contribution in [3.05, 3.63) is 35.5 Å². The van der Waals surface area contributed by atoms with Crippen molar-refractivity contribution < 1.29 is 24.5 Å². The number of amides is 1. The van der Waals surface area contributed by atoms with Crippen molar-refractivity contribution in [2.75, 3.05) is 6.61 Å². The molecule has 0 aromatic heterocycles. The maximum absolute atomic E-state index is 13.5. The molecule has 2 heterocycles. The molecule has 6 heteroatoms. The van der Waals surface area contributed by atoms with Gasteiger partial charge in [0.05, 0.1) is 6.10 Å². The summed E-state index contributed by atoms with van der Waals surface area (Å²) in [4.78, 5) is 26.3. The lowest BCUT2D eigenvalue weighted by molar-refractivity contribution is -0.172. The van der Waals surface area contributed by atoms with Crippen LogP contribution >= 0.6 is 0 Å². The molecule has 1 amide bonds. The summed E-state index contributed by atoms with van der Waals surface area (Å²) in [6, 6.07) is -0.0807. The molecule has 0 aromatic rings. The molecule has 3 rings (SSSR count). The van der Waals surface area contributed by atoms with Crippen molar-refractivity contribution in [2.45, 2.75) is 71.6 Å². The molecule has 3 N–H and O–H groups in total. The molecular weight excluding hydrogens is 394 g/mol. The average Bonchev–Trinajstić information content (AvgIpc) is 2.94. The van der Waals surface area contributed by atoms with Crippen molar-refractivity contribution in [3.8, 4) is 0 Å². The third-order valence-electron chi connectivity index (χ3n) is 7.15. The van der Waals surface area contributed by atoms with E-state index in [0.717, 1.165) is 12.0 Å². The number of hydrogen-bond acceptors (Lipinski definition) is 5. The Bertz CT molecular complexity index is 798. The van der Waals surface area contributed by atoms with Gasteiger partial charge in [-0.05, 0) is 56.9 Å². The Labute approximate surface area is 185 Å². The highest BCUT2D eigenvalue weighted by Gasteiger charge is 2.64. The third-order valence-corrected chi connectivity index (χ3v) is 7.15. The molecule has 2 aliphatic heterocycles. The Balaban J connectivity index is 2.14. The summed E-state index contributed by atoms with van der Waals surface area (Å²) >= 11 is 0. The van der Waals surface area contributed by atoms with E-state index in [4.69, 9.17) is 4.74 Å². The summed E-state index contributed by atoms with van der Waals surface area (Å²) < 4.78 is 6.04. The number of nitrogens with one attached hydrogen (secondary N) is 1. The molecule has 31 heavy (non-hydrogen) atoms. The van der Waals surface area contributed by atoms with E-state index in [0.29, 0.717) is 18.8 Å². The highest BCUT2D eigenvalue weighted by atomic mass is 16.6. The van der Waals surface area contributed by atoms with Crippen molar-refractivity contribution in [3.63, 3.8) is 0 Å². The maximum Gasteiger partial charge on any atom is 0.331 e. The zero-order valence-electron chi connectivity index (χ0n) is 19.3. The first-order valence-electron chi connectivity index (χ1n) is 11.4. The lowest BCUT2D eigenvalue weighted by Gasteiger charge is -2.45. The molecule has 1 fully saturated rings. The minimum atomic E-state index is -1.32. The normalized spacial score (nSPS) is 41.5. The molecule has 0 saturated carbocycles.